The maximum atomic E-state index is 11.1. The van der Waals surface area contributed by atoms with Gasteiger partial charge in [0.05, 0.1) is 6.10 Å². The van der Waals surface area contributed by atoms with E-state index in [0.717, 1.165) is 12.8 Å². The molecule has 1 aromatic heterocycles. The molecule has 0 unspecified atom stereocenters. The van der Waals surface area contributed by atoms with Crippen molar-refractivity contribution >= 4 is 5.91 Å². The Bertz CT molecular complexity index is 372. The van der Waals surface area contributed by atoms with E-state index in [4.69, 9.17) is 15.1 Å². The van der Waals surface area contributed by atoms with Gasteiger partial charge in [-0.25, -0.2) is 5.84 Å². The highest BCUT2D eigenvalue weighted by molar-refractivity contribution is 5.91. The largest absolute Gasteiger partial charge is 0.370 e. The summed E-state index contributed by atoms with van der Waals surface area (Å²) in [5.41, 5.74) is 2.17. The quantitative estimate of drug-likeness (QED) is 0.467. The SMILES string of the molecule is NNC(=O)c1cc(COC2CCCCC2)on1. The second-order valence-corrected chi connectivity index (χ2v) is 4.22. The molecular weight excluding hydrogens is 222 g/mol. The van der Waals surface area contributed by atoms with Crippen LogP contribution < -0.4 is 11.3 Å². The number of rotatable bonds is 4. The molecule has 1 amide bonds. The summed E-state index contributed by atoms with van der Waals surface area (Å²) < 4.78 is 10.7. The second kappa shape index (κ2) is 5.79. The molecule has 2 rings (SSSR count). The minimum Gasteiger partial charge on any atom is -0.370 e. The molecule has 1 fully saturated rings. The highest BCUT2D eigenvalue weighted by atomic mass is 16.5. The predicted molar refractivity (Wildman–Crippen MR) is 59.8 cm³/mol. The van der Waals surface area contributed by atoms with Gasteiger partial charge in [0.25, 0.3) is 5.91 Å². The Hall–Kier alpha value is -1.40. The lowest BCUT2D eigenvalue weighted by Gasteiger charge is -2.21. The molecule has 0 aromatic carbocycles. The van der Waals surface area contributed by atoms with Gasteiger partial charge >= 0.3 is 0 Å². The van der Waals surface area contributed by atoms with Crippen molar-refractivity contribution < 1.29 is 14.1 Å². The topological polar surface area (TPSA) is 90.4 Å². The zero-order valence-corrected chi connectivity index (χ0v) is 9.65. The number of nitrogens with zero attached hydrogens (tertiary/aromatic N) is 1. The Morgan fingerprint density at radius 2 is 2.29 bits per heavy atom. The molecule has 6 nitrogen and oxygen atoms in total. The molecule has 3 N–H and O–H groups in total. The molecule has 1 aromatic rings. The molecule has 0 radical (unpaired) electrons. The number of nitrogen functional groups attached to an aromatic ring is 1. The van der Waals surface area contributed by atoms with Crippen molar-refractivity contribution in [2.75, 3.05) is 0 Å². The Labute approximate surface area is 99.4 Å². The lowest BCUT2D eigenvalue weighted by Crippen LogP contribution is -2.30. The van der Waals surface area contributed by atoms with Crippen LogP contribution in [0, 0.1) is 0 Å². The number of amides is 1. The second-order valence-electron chi connectivity index (χ2n) is 4.22. The maximum Gasteiger partial charge on any atom is 0.287 e. The number of nitrogens with two attached hydrogens (primary N) is 1. The lowest BCUT2D eigenvalue weighted by atomic mass is 9.98. The molecule has 0 aliphatic heterocycles. The molecule has 1 heterocycles. The van der Waals surface area contributed by atoms with Gasteiger partial charge in [0.15, 0.2) is 11.5 Å². The lowest BCUT2D eigenvalue weighted by molar-refractivity contribution is 0.00667. The van der Waals surface area contributed by atoms with Gasteiger partial charge in [-0.3, -0.25) is 10.2 Å². The number of hydrazine groups is 1. The standard InChI is InChI=1S/C11H17N3O3/c12-13-11(15)10-6-9(17-14-10)7-16-8-4-2-1-3-5-8/h6,8H,1-5,7,12H2,(H,13,15). The monoisotopic (exact) mass is 239 g/mol. The van der Waals surface area contributed by atoms with Crippen LogP contribution in [-0.2, 0) is 11.3 Å². The Balaban J connectivity index is 1.82. The van der Waals surface area contributed by atoms with E-state index in [2.05, 4.69) is 5.16 Å². The van der Waals surface area contributed by atoms with Crippen LogP contribution in [0.2, 0.25) is 0 Å². The van der Waals surface area contributed by atoms with Gasteiger partial charge in [0.1, 0.15) is 6.61 Å². The summed E-state index contributed by atoms with van der Waals surface area (Å²) in [4.78, 5) is 11.1. The maximum absolute atomic E-state index is 11.1. The molecule has 94 valence electrons. The molecule has 1 saturated carbocycles. The summed E-state index contributed by atoms with van der Waals surface area (Å²) in [6, 6.07) is 1.55. The fourth-order valence-corrected chi connectivity index (χ4v) is 1.99. The number of ether oxygens (including phenoxy) is 1. The van der Waals surface area contributed by atoms with E-state index in [0.29, 0.717) is 18.5 Å². The zero-order valence-electron chi connectivity index (χ0n) is 9.65. The molecule has 0 bridgehead atoms. The number of nitrogens with one attached hydrogen (secondary N) is 1. The van der Waals surface area contributed by atoms with Gasteiger partial charge in [-0.2, -0.15) is 0 Å². The molecule has 0 spiro atoms. The predicted octanol–water partition coefficient (Wildman–Crippen LogP) is 1.13. The van der Waals surface area contributed by atoms with Crippen LogP contribution in [0.3, 0.4) is 0 Å². The fourth-order valence-electron chi connectivity index (χ4n) is 1.99. The van der Waals surface area contributed by atoms with E-state index in [1.807, 2.05) is 5.43 Å². The number of carbonyl (C=O) groups is 1. The van der Waals surface area contributed by atoms with Gasteiger partial charge in [-0.05, 0) is 12.8 Å². The third-order valence-electron chi connectivity index (χ3n) is 2.94. The van der Waals surface area contributed by atoms with Gasteiger partial charge in [0.2, 0.25) is 0 Å². The van der Waals surface area contributed by atoms with Crippen molar-refractivity contribution in [3.8, 4) is 0 Å². The molecule has 6 heteroatoms. The number of hydrogen-bond donors (Lipinski definition) is 2. The van der Waals surface area contributed by atoms with E-state index in [9.17, 15) is 4.79 Å². The first-order valence-corrected chi connectivity index (χ1v) is 5.87. The normalized spacial score (nSPS) is 17.0. The average Bonchev–Trinajstić information content (AvgIpc) is 2.85. The van der Waals surface area contributed by atoms with Crippen molar-refractivity contribution in [3.63, 3.8) is 0 Å². The van der Waals surface area contributed by atoms with Gasteiger partial charge in [-0.15, -0.1) is 0 Å². The molecular formula is C11H17N3O3. The summed E-state index contributed by atoms with van der Waals surface area (Å²) in [7, 11) is 0. The number of carbonyl (C=O) groups excluding carboxylic acids is 1. The fraction of sp³-hybridized carbons (Fsp3) is 0.636. The highest BCUT2D eigenvalue weighted by Gasteiger charge is 2.16. The first kappa shape index (κ1) is 12.1. The summed E-state index contributed by atoms with van der Waals surface area (Å²) in [6.45, 7) is 0.357. The van der Waals surface area contributed by atoms with E-state index < -0.39 is 5.91 Å². The average molecular weight is 239 g/mol. The van der Waals surface area contributed by atoms with Crippen molar-refractivity contribution in [1.82, 2.24) is 10.6 Å². The van der Waals surface area contributed by atoms with Crippen molar-refractivity contribution in [1.29, 1.82) is 0 Å². The van der Waals surface area contributed by atoms with Crippen LogP contribution >= 0.6 is 0 Å². The van der Waals surface area contributed by atoms with Crippen LogP contribution in [0.25, 0.3) is 0 Å². The van der Waals surface area contributed by atoms with Crippen molar-refractivity contribution in [2.45, 2.75) is 44.8 Å². The van der Waals surface area contributed by atoms with Crippen LogP contribution in [-0.4, -0.2) is 17.2 Å². The van der Waals surface area contributed by atoms with Crippen LogP contribution in [0.4, 0.5) is 0 Å². The Morgan fingerprint density at radius 3 is 3.00 bits per heavy atom. The minimum absolute atomic E-state index is 0.176. The zero-order chi connectivity index (χ0) is 12.1. The van der Waals surface area contributed by atoms with Crippen molar-refractivity contribution in [3.05, 3.63) is 17.5 Å². The third kappa shape index (κ3) is 3.28. The van der Waals surface area contributed by atoms with E-state index >= 15 is 0 Å². The van der Waals surface area contributed by atoms with Crippen molar-refractivity contribution in [2.24, 2.45) is 5.84 Å². The Morgan fingerprint density at radius 1 is 1.53 bits per heavy atom. The molecule has 0 saturated heterocycles. The number of aromatic nitrogens is 1. The summed E-state index contributed by atoms with van der Waals surface area (Å²) in [5, 5.41) is 3.60. The highest BCUT2D eigenvalue weighted by Crippen LogP contribution is 2.21. The van der Waals surface area contributed by atoms with E-state index in [1.165, 1.54) is 19.3 Å². The number of hydrogen-bond acceptors (Lipinski definition) is 5. The summed E-state index contributed by atoms with van der Waals surface area (Å²) in [5.74, 6) is 5.08. The minimum atomic E-state index is -0.460. The van der Waals surface area contributed by atoms with Crippen LogP contribution in [0.5, 0.6) is 0 Å². The molecule has 1 aliphatic rings. The Kier molecular flexibility index (Phi) is 4.11. The van der Waals surface area contributed by atoms with E-state index in [-0.39, 0.29) is 5.69 Å². The smallest absolute Gasteiger partial charge is 0.287 e. The van der Waals surface area contributed by atoms with Gasteiger partial charge < -0.3 is 9.26 Å². The molecule has 17 heavy (non-hydrogen) atoms. The van der Waals surface area contributed by atoms with Crippen LogP contribution in [0.15, 0.2) is 10.6 Å². The van der Waals surface area contributed by atoms with Gasteiger partial charge in [0, 0.05) is 6.07 Å². The molecule has 1 aliphatic carbocycles. The van der Waals surface area contributed by atoms with E-state index in [1.54, 1.807) is 6.07 Å². The molecule has 0 atom stereocenters. The first-order chi connectivity index (χ1) is 8.29. The third-order valence-corrected chi connectivity index (χ3v) is 2.94. The summed E-state index contributed by atoms with van der Waals surface area (Å²) >= 11 is 0. The summed E-state index contributed by atoms with van der Waals surface area (Å²) in [6.07, 6.45) is 6.25. The van der Waals surface area contributed by atoms with Gasteiger partial charge in [-0.1, -0.05) is 24.4 Å². The first-order valence-electron chi connectivity index (χ1n) is 5.87. The van der Waals surface area contributed by atoms with Crippen LogP contribution in [0.1, 0.15) is 48.4 Å².